The summed E-state index contributed by atoms with van der Waals surface area (Å²) in [4.78, 5) is 4.33. The largest absolute Gasteiger partial charge is 0.394 e. The minimum atomic E-state index is 0.0760. The summed E-state index contributed by atoms with van der Waals surface area (Å²) < 4.78 is 3.54. The quantitative estimate of drug-likeness (QED) is 0.727. The number of anilines is 1. The van der Waals surface area contributed by atoms with Crippen LogP contribution in [-0.4, -0.2) is 36.3 Å². The van der Waals surface area contributed by atoms with Gasteiger partial charge in [0.2, 0.25) is 0 Å². The topological polar surface area (TPSA) is 80.8 Å². The van der Waals surface area contributed by atoms with Gasteiger partial charge in [0.15, 0.2) is 5.82 Å². The fourth-order valence-electron chi connectivity index (χ4n) is 2.55. The number of rotatable bonds is 6. The van der Waals surface area contributed by atoms with Gasteiger partial charge < -0.3 is 10.4 Å². The van der Waals surface area contributed by atoms with E-state index in [0.717, 1.165) is 22.8 Å². The van der Waals surface area contributed by atoms with Crippen LogP contribution in [0.4, 0.5) is 5.69 Å². The Labute approximate surface area is 134 Å². The summed E-state index contributed by atoms with van der Waals surface area (Å²) in [7, 11) is 0. The Bertz CT molecular complexity index is 764. The molecule has 0 amide bonds. The number of pyridine rings is 1. The minimum absolute atomic E-state index is 0.0760. The maximum Gasteiger partial charge on any atom is 0.153 e. The molecule has 3 rings (SSSR count). The number of aromatic nitrogens is 5. The SMILES string of the molecule is Cc1c(C(C)Nc2cnn(CCO)c2)cnn1-c1ccccn1. The number of nitrogens with one attached hydrogen (secondary N) is 1. The molecule has 0 saturated heterocycles. The van der Waals surface area contributed by atoms with Crippen molar-refractivity contribution in [1.82, 2.24) is 24.5 Å². The predicted octanol–water partition coefficient (Wildman–Crippen LogP) is 1.94. The minimum Gasteiger partial charge on any atom is -0.394 e. The van der Waals surface area contributed by atoms with E-state index in [1.54, 1.807) is 17.1 Å². The summed E-state index contributed by atoms with van der Waals surface area (Å²) >= 11 is 0. The molecule has 0 aliphatic carbocycles. The molecule has 0 spiro atoms. The van der Waals surface area contributed by atoms with Crippen LogP contribution in [0.2, 0.25) is 0 Å². The lowest BCUT2D eigenvalue weighted by Crippen LogP contribution is -2.08. The third-order valence-electron chi connectivity index (χ3n) is 3.73. The molecule has 7 heteroatoms. The predicted molar refractivity (Wildman–Crippen MR) is 87.4 cm³/mol. The zero-order chi connectivity index (χ0) is 16.2. The van der Waals surface area contributed by atoms with E-state index in [1.165, 1.54) is 0 Å². The summed E-state index contributed by atoms with van der Waals surface area (Å²) in [5.74, 6) is 0.805. The van der Waals surface area contributed by atoms with E-state index < -0.39 is 0 Å². The molecule has 0 bridgehead atoms. The van der Waals surface area contributed by atoms with Gasteiger partial charge in [-0.05, 0) is 26.0 Å². The van der Waals surface area contributed by atoms with Crippen molar-refractivity contribution in [2.75, 3.05) is 11.9 Å². The highest BCUT2D eigenvalue weighted by Crippen LogP contribution is 2.23. The zero-order valence-electron chi connectivity index (χ0n) is 13.2. The summed E-state index contributed by atoms with van der Waals surface area (Å²) in [6, 6.07) is 5.85. The first kappa shape index (κ1) is 15.2. The van der Waals surface area contributed by atoms with Crippen LogP contribution < -0.4 is 5.32 Å². The molecular weight excluding hydrogens is 292 g/mol. The van der Waals surface area contributed by atoms with Gasteiger partial charge in [-0.1, -0.05) is 6.07 Å². The Hall–Kier alpha value is -2.67. The monoisotopic (exact) mass is 312 g/mol. The molecule has 1 atom stereocenters. The fourth-order valence-corrected chi connectivity index (χ4v) is 2.55. The van der Waals surface area contributed by atoms with Crippen molar-refractivity contribution in [2.45, 2.75) is 26.4 Å². The molecule has 3 aromatic rings. The van der Waals surface area contributed by atoms with Gasteiger partial charge in [-0.3, -0.25) is 4.68 Å². The van der Waals surface area contributed by atoms with Gasteiger partial charge in [-0.2, -0.15) is 10.2 Å². The van der Waals surface area contributed by atoms with E-state index >= 15 is 0 Å². The Kier molecular flexibility index (Phi) is 4.38. The Morgan fingerprint density at radius 1 is 1.26 bits per heavy atom. The lowest BCUT2D eigenvalue weighted by Gasteiger charge is -2.13. The standard InChI is InChI=1S/C16H20N6O/c1-12(20-14-9-18-21(11-14)7-8-23)15-10-19-22(13(15)2)16-5-3-4-6-17-16/h3-6,9-12,20,23H,7-8H2,1-2H3. The fraction of sp³-hybridized carbons (Fsp3) is 0.312. The van der Waals surface area contributed by atoms with Crippen molar-refractivity contribution >= 4 is 5.69 Å². The van der Waals surface area contributed by atoms with Crippen LogP contribution in [-0.2, 0) is 6.54 Å². The Morgan fingerprint density at radius 3 is 2.87 bits per heavy atom. The number of nitrogens with zero attached hydrogens (tertiary/aromatic N) is 5. The van der Waals surface area contributed by atoms with Crippen molar-refractivity contribution in [3.05, 3.63) is 54.2 Å². The Balaban J connectivity index is 1.77. The second kappa shape index (κ2) is 6.62. The number of hydrogen-bond acceptors (Lipinski definition) is 5. The summed E-state index contributed by atoms with van der Waals surface area (Å²) in [5, 5.41) is 21.0. The lowest BCUT2D eigenvalue weighted by atomic mass is 10.1. The molecule has 0 radical (unpaired) electrons. The van der Waals surface area contributed by atoms with E-state index in [-0.39, 0.29) is 12.6 Å². The molecular formula is C16H20N6O. The van der Waals surface area contributed by atoms with Gasteiger partial charge in [0.05, 0.1) is 37.3 Å². The van der Waals surface area contributed by atoms with Gasteiger partial charge in [0.25, 0.3) is 0 Å². The van der Waals surface area contributed by atoms with E-state index in [4.69, 9.17) is 5.11 Å². The first-order valence-corrected chi connectivity index (χ1v) is 7.55. The second-order valence-corrected chi connectivity index (χ2v) is 5.37. The van der Waals surface area contributed by atoms with Crippen LogP contribution >= 0.6 is 0 Å². The average molecular weight is 312 g/mol. The molecule has 0 aliphatic rings. The number of hydrogen-bond donors (Lipinski definition) is 2. The molecule has 23 heavy (non-hydrogen) atoms. The summed E-state index contributed by atoms with van der Waals surface area (Å²) in [6.45, 7) is 4.68. The van der Waals surface area contributed by atoms with Crippen LogP contribution in [0.25, 0.3) is 5.82 Å². The first-order chi connectivity index (χ1) is 11.2. The summed E-state index contributed by atoms with van der Waals surface area (Å²) in [5.41, 5.74) is 3.06. The molecule has 0 aliphatic heterocycles. The zero-order valence-corrected chi connectivity index (χ0v) is 13.2. The first-order valence-electron chi connectivity index (χ1n) is 7.55. The van der Waals surface area contributed by atoms with Crippen molar-refractivity contribution in [3.8, 4) is 5.82 Å². The van der Waals surface area contributed by atoms with Gasteiger partial charge in [-0.15, -0.1) is 0 Å². The number of aliphatic hydroxyl groups is 1. The van der Waals surface area contributed by atoms with Crippen LogP contribution in [0.3, 0.4) is 0 Å². The van der Waals surface area contributed by atoms with E-state index in [9.17, 15) is 0 Å². The Morgan fingerprint density at radius 2 is 2.13 bits per heavy atom. The third-order valence-corrected chi connectivity index (χ3v) is 3.73. The number of aliphatic hydroxyl groups excluding tert-OH is 1. The smallest absolute Gasteiger partial charge is 0.153 e. The molecule has 0 fully saturated rings. The van der Waals surface area contributed by atoms with Gasteiger partial charge in [0.1, 0.15) is 0 Å². The van der Waals surface area contributed by atoms with Gasteiger partial charge >= 0.3 is 0 Å². The third kappa shape index (κ3) is 3.24. The maximum absolute atomic E-state index is 8.94. The molecule has 0 saturated carbocycles. The highest BCUT2D eigenvalue weighted by Gasteiger charge is 2.15. The van der Waals surface area contributed by atoms with Gasteiger partial charge in [0, 0.05) is 23.7 Å². The molecule has 7 nitrogen and oxygen atoms in total. The van der Waals surface area contributed by atoms with Crippen molar-refractivity contribution < 1.29 is 5.11 Å². The lowest BCUT2D eigenvalue weighted by molar-refractivity contribution is 0.269. The normalized spacial score (nSPS) is 12.3. The van der Waals surface area contributed by atoms with Crippen LogP contribution in [0.5, 0.6) is 0 Å². The molecule has 2 N–H and O–H groups in total. The van der Waals surface area contributed by atoms with Crippen LogP contribution in [0.15, 0.2) is 43.0 Å². The maximum atomic E-state index is 8.94. The molecule has 3 aromatic heterocycles. The molecule has 1 unspecified atom stereocenters. The second-order valence-electron chi connectivity index (χ2n) is 5.37. The van der Waals surface area contributed by atoms with E-state index in [2.05, 4.69) is 27.4 Å². The molecule has 120 valence electrons. The van der Waals surface area contributed by atoms with E-state index in [0.29, 0.717) is 6.54 Å². The van der Waals surface area contributed by atoms with Crippen LogP contribution in [0.1, 0.15) is 24.2 Å². The van der Waals surface area contributed by atoms with Crippen molar-refractivity contribution in [3.63, 3.8) is 0 Å². The molecule has 3 heterocycles. The van der Waals surface area contributed by atoms with Gasteiger partial charge in [-0.25, -0.2) is 9.67 Å². The highest BCUT2D eigenvalue weighted by atomic mass is 16.3. The van der Waals surface area contributed by atoms with Crippen molar-refractivity contribution in [1.29, 1.82) is 0 Å². The van der Waals surface area contributed by atoms with Crippen LogP contribution in [0, 0.1) is 6.92 Å². The molecule has 0 aromatic carbocycles. The summed E-state index contributed by atoms with van der Waals surface area (Å²) in [6.07, 6.45) is 7.25. The van der Waals surface area contributed by atoms with Crippen molar-refractivity contribution in [2.24, 2.45) is 0 Å². The highest BCUT2D eigenvalue weighted by molar-refractivity contribution is 5.42. The average Bonchev–Trinajstić information content (AvgIpc) is 3.15. The van der Waals surface area contributed by atoms with E-state index in [1.807, 2.05) is 42.2 Å².